The van der Waals surface area contributed by atoms with Gasteiger partial charge in [0.05, 0.1) is 12.2 Å². The Balaban J connectivity index is 2.70. The molecular weight excluding hydrogens is 232 g/mol. The fourth-order valence-corrected chi connectivity index (χ4v) is 1.68. The second kappa shape index (κ2) is 6.93. The number of ether oxygens (including phenoxy) is 1. The second-order valence-electron chi connectivity index (χ2n) is 4.04. The molecule has 0 amide bonds. The standard InChI is InChI=1S/C14H18O4/c1-3-12(13(16)9-18-10(2)15)14(17)11-7-5-4-6-8-11/h3-8,12-14,16-17H,1,9H2,2H3/t12-,13?,14-/m1/s1. The van der Waals surface area contributed by atoms with E-state index in [2.05, 4.69) is 6.58 Å². The monoisotopic (exact) mass is 250 g/mol. The molecule has 98 valence electrons. The van der Waals surface area contributed by atoms with Gasteiger partial charge in [-0.15, -0.1) is 6.58 Å². The van der Waals surface area contributed by atoms with E-state index in [0.29, 0.717) is 5.56 Å². The van der Waals surface area contributed by atoms with Crippen LogP contribution in [0.4, 0.5) is 0 Å². The van der Waals surface area contributed by atoms with Crippen molar-refractivity contribution in [2.24, 2.45) is 5.92 Å². The molecule has 1 aromatic rings. The van der Waals surface area contributed by atoms with E-state index in [1.54, 1.807) is 24.3 Å². The lowest BCUT2D eigenvalue weighted by atomic mass is 9.91. The number of hydrogen-bond donors (Lipinski definition) is 2. The van der Waals surface area contributed by atoms with Crippen LogP contribution in [0.1, 0.15) is 18.6 Å². The van der Waals surface area contributed by atoms with Gasteiger partial charge in [-0.25, -0.2) is 0 Å². The maximum atomic E-state index is 10.7. The largest absolute Gasteiger partial charge is 0.463 e. The smallest absolute Gasteiger partial charge is 0.302 e. The molecule has 18 heavy (non-hydrogen) atoms. The molecule has 2 N–H and O–H groups in total. The highest BCUT2D eigenvalue weighted by Crippen LogP contribution is 2.25. The number of carbonyl (C=O) groups is 1. The van der Waals surface area contributed by atoms with Gasteiger partial charge in [-0.1, -0.05) is 36.4 Å². The molecule has 0 aromatic heterocycles. The van der Waals surface area contributed by atoms with Crippen molar-refractivity contribution in [3.05, 3.63) is 48.6 Å². The van der Waals surface area contributed by atoms with E-state index in [4.69, 9.17) is 4.74 Å². The molecule has 0 aliphatic heterocycles. The molecule has 1 rings (SSSR count). The molecular formula is C14H18O4. The van der Waals surface area contributed by atoms with Gasteiger partial charge in [0.15, 0.2) is 0 Å². The van der Waals surface area contributed by atoms with Gasteiger partial charge < -0.3 is 14.9 Å². The van der Waals surface area contributed by atoms with E-state index < -0.39 is 24.1 Å². The van der Waals surface area contributed by atoms with Gasteiger partial charge in [0.25, 0.3) is 0 Å². The topological polar surface area (TPSA) is 66.8 Å². The van der Waals surface area contributed by atoms with Gasteiger partial charge in [0, 0.05) is 12.8 Å². The van der Waals surface area contributed by atoms with Gasteiger partial charge in [-0.05, 0) is 5.56 Å². The normalized spacial score (nSPS) is 15.5. The average molecular weight is 250 g/mol. The Bertz CT molecular complexity index is 388. The van der Waals surface area contributed by atoms with E-state index >= 15 is 0 Å². The third-order valence-corrected chi connectivity index (χ3v) is 2.68. The van der Waals surface area contributed by atoms with E-state index in [-0.39, 0.29) is 6.61 Å². The molecule has 0 radical (unpaired) electrons. The Hall–Kier alpha value is -1.65. The molecule has 4 nitrogen and oxygen atoms in total. The Morgan fingerprint density at radius 1 is 1.39 bits per heavy atom. The zero-order valence-electron chi connectivity index (χ0n) is 10.3. The minimum absolute atomic E-state index is 0.157. The summed E-state index contributed by atoms with van der Waals surface area (Å²) in [6, 6.07) is 8.97. The highest BCUT2D eigenvalue weighted by Gasteiger charge is 2.26. The summed E-state index contributed by atoms with van der Waals surface area (Å²) in [6.07, 6.45) is -0.401. The number of benzene rings is 1. The summed E-state index contributed by atoms with van der Waals surface area (Å²) in [5.41, 5.74) is 0.685. The summed E-state index contributed by atoms with van der Waals surface area (Å²) < 4.78 is 4.72. The van der Waals surface area contributed by atoms with Gasteiger partial charge in [0.1, 0.15) is 6.61 Å². The first-order chi connectivity index (χ1) is 8.56. The van der Waals surface area contributed by atoms with E-state index in [0.717, 1.165) is 0 Å². The summed E-state index contributed by atoms with van der Waals surface area (Å²) in [7, 11) is 0. The molecule has 0 saturated heterocycles. The van der Waals surface area contributed by atoms with Crippen molar-refractivity contribution in [1.82, 2.24) is 0 Å². The van der Waals surface area contributed by atoms with Crippen molar-refractivity contribution in [3.63, 3.8) is 0 Å². The first kappa shape index (κ1) is 14.4. The van der Waals surface area contributed by atoms with Gasteiger partial charge in [-0.3, -0.25) is 4.79 Å². The Morgan fingerprint density at radius 2 is 2.00 bits per heavy atom. The molecule has 0 spiro atoms. The van der Waals surface area contributed by atoms with E-state index in [1.807, 2.05) is 6.07 Å². The number of aliphatic hydroxyl groups is 2. The molecule has 0 heterocycles. The van der Waals surface area contributed by atoms with E-state index in [1.165, 1.54) is 13.0 Å². The lowest BCUT2D eigenvalue weighted by Gasteiger charge is -2.24. The highest BCUT2D eigenvalue weighted by molar-refractivity contribution is 5.65. The maximum Gasteiger partial charge on any atom is 0.302 e. The van der Waals surface area contributed by atoms with Crippen LogP contribution in [-0.4, -0.2) is 28.9 Å². The number of hydrogen-bond acceptors (Lipinski definition) is 4. The first-order valence-corrected chi connectivity index (χ1v) is 5.73. The van der Waals surface area contributed by atoms with Crippen LogP contribution in [0.2, 0.25) is 0 Å². The van der Waals surface area contributed by atoms with Crippen LogP contribution in [-0.2, 0) is 9.53 Å². The number of esters is 1. The molecule has 0 saturated carbocycles. The van der Waals surface area contributed by atoms with Crippen LogP contribution in [0, 0.1) is 5.92 Å². The van der Waals surface area contributed by atoms with Crippen molar-refractivity contribution >= 4 is 5.97 Å². The number of aliphatic hydroxyl groups excluding tert-OH is 2. The van der Waals surface area contributed by atoms with Crippen LogP contribution in [0.3, 0.4) is 0 Å². The van der Waals surface area contributed by atoms with Crippen LogP contribution in [0.5, 0.6) is 0 Å². The summed E-state index contributed by atoms with van der Waals surface area (Å²) in [5.74, 6) is -1.06. The minimum Gasteiger partial charge on any atom is -0.463 e. The average Bonchev–Trinajstić information content (AvgIpc) is 2.38. The minimum atomic E-state index is -0.985. The van der Waals surface area contributed by atoms with Crippen LogP contribution in [0.25, 0.3) is 0 Å². The fraction of sp³-hybridized carbons (Fsp3) is 0.357. The third-order valence-electron chi connectivity index (χ3n) is 2.68. The van der Waals surface area contributed by atoms with Crippen molar-refractivity contribution in [2.45, 2.75) is 19.1 Å². The molecule has 0 fully saturated rings. The maximum absolute atomic E-state index is 10.7. The predicted octanol–water partition coefficient (Wildman–Crippen LogP) is 1.45. The number of rotatable bonds is 6. The summed E-state index contributed by atoms with van der Waals surface area (Å²) in [6.45, 7) is 4.71. The van der Waals surface area contributed by atoms with Crippen molar-refractivity contribution in [1.29, 1.82) is 0 Å². The Labute approximate surface area is 107 Å². The molecule has 4 heteroatoms. The highest BCUT2D eigenvalue weighted by atomic mass is 16.5. The zero-order valence-corrected chi connectivity index (χ0v) is 10.3. The van der Waals surface area contributed by atoms with E-state index in [9.17, 15) is 15.0 Å². The van der Waals surface area contributed by atoms with Gasteiger partial charge in [-0.2, -0.15) is 0 Å². The number of carbonyl (C=O) groups excluding carboxylic acids is 1. The fourth-order valence-electron chi connectivity index (χ4n) is 1.68. The van der Waals surface area contributed by atoms with Gasteiger partial charge >= 0.3 is 5.97 Å². The second-order valence-corrected chi connectivity index (χ2v) is 4.04. The van der Waals surface area contributed by atoms with Gasteiger partial charge in [0.2, 0.25) is 0 Å². The molecule has 0 bridgehead atoms. The van der Waals surface area contributed by atoms with Crippen molar-refractivity contribution < 1.29 is 19.7 Å². The molecule has 1 unspecified atom stereocenters. The molecule has 0 aliphatic rings. The van der Waals surface area contributed by atoms with Crippen LogP contribution >= 0.6 is 0 Å². The van der Waals surface area contributed by atoms with Crippen LogP contribution in [0.15, 0.2) is 43.0 Å². The lowest BCUT2D eigenvalue weighted by molar-refractivity contribution is -0.145. The SMILES string of the molecule is C=C[C@H](C(O)COC(C)=O)[C@H](O)c1ccccc1. The van der Waals surface area contributed by atoms with Crippen molar-refractivity contribution in [2.75, 3.05) is 6.61 Å². The molecule has 1 aromatic carbocycles. The summed E-state index contributed by atoms with van der Waals surface area (Å²) in [5, 5.41) is 20.0. The summed E-state index contributed by atoms with van der Waals surface area (Å²) >= 11 is 0. The van der Waals surface area contributed by atoms with Crippen molar-refractivity contribution in [3.8, 4) is 0 Å². The zero-order chi connectivity index (χ0) is 13.5. The molecule has 3 atom stereocenters. The predicted molar refractivity (Wildman–Crippen MR) is 67.7 cm³/mol. The Kier molecular flexibility index (Phi) is 5.55. The van der Waals surface area contributed by atoms with Crippen LogP contribution < -0.4 is 0 Å². The Morgan fingerprint density at radius 3 is 2.50 bits per heavy atom. The first-order valence-electron chi connectivity index (χ1n) is 5.73. The summed E-state index contributed by atoms with van der Waals surface area (Å²) in [4.78, 5) is 10.7. The quantitative estimate of drug-likeness (QED) is 0.592. The molecule has 0 aliphatic carbocycles. The lowest BCUT2D eigenvalue weighted by Crippen LogP contribution is -2.30. The third kappa shape index (κ3) is 3.98.